The molecule has 0 unspecified atom stereocenters. The number of aliphatic hydroxyl groups excluding tert-OH is 1. The second-order valence-electron chi connectivity index (χ2n) is 2.44. The minimum atomic E-state index is -0.0427. The van der Waals surface area contributed by atoms with Crippen molar-refractivity contribution in [2.75, 3.05) is 6.61 Å². The van der Waals surface area contributed by atoms with Gasteiger partial charge in [-0.25, -0.2) is 0 Å². The Bertz CT molecular complexity index is 320. The third kappa shape index (κ3) is 1.09. The lowest BCUT2D eigenvalue weighted by molar-refractivity contribution is 0.113. The number of rotatable bonds is 1. The Balaban J connectivity index is 2.40. The summed E-state index contributed by atoms with van der Waals surface area (Å²) >= 11 is 0. The second-order valence-corrected chi connectivity index (χ2v) is 2.44. The molecule has 0 aliphatic carbocycles. The number of ether oxygens (including phenoxy) is 1. The van der Waals surface area contributed by atoms with E-state index in [1.54, 1.807) is 18.6 Å². The summed E-state index contributed by atoms with van der Waals surface area (Å²) in [5, 5.41) is 9.31. The van der Waals surface area contributed by atoms with Gasteiger partial charge in [0.05, 0.1) is 18.1 Å². The molecule has 0 bridgehead atoms. The van der Waals surface area contributed by atoms with Crippen molar-refractivity contribution < 1.29 is 14.3 Å². The molecule has 12 heavy (non-hydrogen) atoms. The van der Waals surface area contributed by atoms with Crippen LogP contribution < -0.4 is 0 Å². The van der Waals surface area contributed by atoms with Crippen LogP contribution in [0, 0.1) is 0 Å². The first kappa shape index (κ1) is 7.03. The normalized spacial score (nSPS) is 16.3. The molecule has 0 amide bonds. The van der Waals surface area contributed by atoms with Gasteiger partial charge in [0, 0.05) is 5.56 Å². The van der Waals surface area contributed by atoms with Crippen molar-refractivity contribution in [3.8, 4) is 0 Å². The summed E-state index contributed by atoms with van der Waals surface area (Å²) < 4.78 is 9.80. The number of hydrogen-bond acceptors (Lipinski definition) is 3. The number of allylic oxidation sites excluding steroid dienone is 2. The molecule has 0 radical (unpaired) electrons. The third-order valence-corrected chi connectivity index (χ3v) is 1.66. The molecule has 0 aromatic carbocycles. The van der Waals surface area contributed by atoms with Gasteiger partial charge < -0.3 is 14.3 Å². The summed E-state index contributed by atoms with van der Waals surface area (Å²) in [4.78, 5) is 0. The topological polar surface area (TPSA) is 42.6 Å². The Kier molecular flexibility index (Phi) is 1.63. The molecule has 1 N–H and O–H groups in total. The van der Waals surface area contributed by atoms with Crippen LogP contribution in [0.5, 0.6) is 0 Å². The molecule has 0 saturated carbocycles. The highest BCUT2D eigenvalue weighted by Gasteiger charge is 2.10. The van der Waals surface area contributed by atoms with Crippen molar-refractivity contribution in [1.82, 2.24) is 0 Å². The van der Waals surface area contributed by atoms with Crippen LogP contribution in [0.25, 0.3) is 5.57 Å². The highest BCUT2D eigenvalue weighted by molar-refractivity contribution is 5.74. The molecule has 0 spiro atoms. The van der Waals surface area contributed by atoms with E-state index in [1.807, 2.05) is 12.2 Å². The van der Waals surface area contributed by atoms with Crippen molar-refractivity contribution in [2.24, 2.45) is 0 Å². The molecular weight excluding hydrogens is 156 g/mol. The maximum atomic E-state index is 9.31. The lowest BCUT2D eigenvalue weighted by atomic mass is 10.1. The molecule has 1 aliphatic heterocycles. The highest BCUT2D eigenvalue weighted by Crippen LogP contribution is 2.22. The van der Waals surface area contributed by atoms with Gasteiger partial charge in [0.25, 0.3) is 5.95 Å². The predicted molar refractivity (Wildman–Crippen MR) is 43.3 cm³/mol. The minimum absolute atomic E-state index is 0.0427. The van der Waals surface area contributed by atoms with E-state index in [9.17, 15) is 5.11 Å². The van der Waals surface area contributed by atoms with E-state index in [4.69, 9.17) is 9.15 Å². The quantitative estimate of drug-likeness (QED) is 0.691. The van der Waals surface area contributed by atoms with E-state index in [2.05, 4.69) is 0 Å². The van der Waals surface area contributed by atoms with E-state index >= 15 is 0 Å². The zero-order chi connectivity index (χ0) is 8.39. The molecular formula is C9H8O3. The first-order chi connectivity index (χ1) is 5.88. The second kappa shape index (κ2) is 2.77. The average Bonchev–Trinajstić information content (AvgIpc) is 2.57. The number of hydrogen-bond donors (Lipinski definition) is 1. The summed E-state index contributed by atoms with van der Waals surface area (Å²) in [5.74, 6) is -0.0427. The SMILES string of the molecule is OC1=C(c2ccoc2)C=CCO1. The third-order valence-electron chi connectivity index (χ3n) is 1.66. The largest absolute Gasteiger partial charge is 0.481 e. The van der Waals surface area contributed by atoms with E-state index in [-0.39, 0.29) is 5.95 Å². The van der Waals surface area contributed by atoms with Crippen molar-refractivity contribution in [2.45, 2.75) is 0 Å². The molecule has 3 heteroatoms. The van der Waals surface area contributed by atoms with Crippen LogP contribution in [0.3, 0.4) is 0 Å². The number of furan rings is 1. The first-order valence-electron chi connectivity index (χ1n) is 3.63. The fraction of sp³-hybridized carbons (Fsp3) is 0.111. The van der Waals surface area contributed by atoms with Crippen molar-refractivity contribution >= 4 is 5.57 Å². The van der Waals surface area contributed by atoms with Gasteiger partial charge in [-0.3, -0.25) is 0 Å². The Morgan fingerprint density at radius 3 is 3.00 bits per heavy atom. The molecule has 1 aromatic rings. The van der Waals surface area contributed by atoms with E-state index in [1.165, 1.54) is 0 Å². The fourth-order valence-corrected chi connectivity index (χ4v) is 1.08. The standard InChI is InChI=1S/C9H8O3/c10-9-8(2-1-4-12-9)7-3-5-11-6-7/h1-3,5-6,10H,4H2. The molecule has 62 valence electrons. The maximum Gasteiger partial charge on any atom is 0.285 e. The van der Waals surface area contributed by atoms with Gasteiger partial charge in [-0.15, -0.1) is 0 Å². The Morgan fingerprint density at radius 2 is 2.33 bits per heavy atom. The van der Waals surface area contributed by atoms with Gasteiger partial charge in [0.15, 0.2) is 0 Å². The van der Waals surface area contributed by atoms with Gasteiger partial charge >= 0.3 is 0 Å². The van der Waals surface area contributed by atoms with Crippen molar-refractivity contribution in [3.63, 3.8) is 0 Å². The smallest absolute Gasteiger partial charge is 0.285 e. The number of aliphatic hydroxyl groups is 1. The van der Waals surface area contributed by atoms with Crippen molar-refractivity contribution in [1.29, 1.82) is 0 Å². The summed E-state index contributed by atoms with van der Waals surface area (Å²) in [6.07, 6.45) is 6.76. The summed E-state index contributed by atoms with van der Waals surface area (Å²) in [7, 11) is 0. The van der Waals surface area contributed by atoms with Gasteiger partial charge in [0.2, 0.25) is 0 Å². The zero-order valence-corrected chi connectivity index (χ0v) is 6.36. The van der Waals surface area contributed by atoms with Gasteiger partial charge in [-0.1, -0.05) is 0 Å². The van der Waals surface area contributed by atoms with Gasteiger partial charge in [-0.05, 0) is 18.2 Å². The minimum Gasteiger partial charge on any atom is -0.481 e. The molecule has 0 fully saturated rings. The van der Waals surface area contributed by atoms with E-state index < -0.39 is 0 Å². The summed E-state index contributed by atoms with van der Waals surface area (Å²) in [6, 6.07) is 1.77. The van der Waals surface area contributed by atoms with Crippen LogP contribution in [0.2, 0.25) is 0 Å². The van der Waals surface area contributed by atoms with E-state index in [0.717, 1.165) is 5.56 Å². The predicted octanol–water partition coefficient (Wildman–Crippen LogP) is 2.09. The molecule has 2 rings (SSSR count). The van der Waals surface area contributed by atoms with E-state index in [0.29, 0.717) is 12.2 Å². The molecule has 1 aromatic heterocycles. The fourth-order valence-electron chi connectivity index (χ4n) is 1.08. The van der Waals surface area contributed by atoms with Crippen LogP contribution in [0.1, 0.15) is 5.56 Å². The van der Waals surface area contributed by atoms with Crippen LogP contribution in [0.15, 0.2) is 41.1 Å². The molecule has 3 nitrogen and oxygen atoms in total. The van der Waals surface area contributed by atoms with Crippen LogP contribution in [-0.4, -0.2) is 11.7 Å². The van der Waals surface area contributed by atoms with Gasteiger partial charge in [-0.2, -0.15) is 0 Å². The summed E-state index contributed by atoms with van der Waals surface area (Å²) in [6.45, 7) is 0.424. The lowest BCUT2D eigenvalue weighted by Crippen LogP contribution is -1.99. The Hall–Kier alpha value is -1.64. The van der Waals surface area contributed by atoms with Gasteiger partial charge in [0.1, 0.15) is 6.61 Å². The Morgan fingerprint density at radius 1 is 1.42 bits per heavy atom. The van der Waals surface area contributed by atoms with Crippen LogP contribution in [-0.2, 0) is 4.74 Å². The highest BCUT2D eigenvalue weighted by atomic mass is 16.6. The van der Waals surface area contributed by atoms with Crippen LogP contribution in [0.4, 0.5) is 0 Å². The molecule has 2 heterocycles. The summed E-state index contributed by atoms with van der Waals surface area (Å²) in [5.41, 5.74) is 1.48. The maximum absolute atomic E-state index is 9.31. The Labute approximate surface area is 69.6 Å². The molecule has 1 aliphatic rings. The zero-order valence-electron chi connectivity index (χ0n) is 6.36. The lowest BCUT2D eigenvalue weighted by Gasteiger charge is -2.09. The van der Waals surface area contributed by atoms with Crippen molar-refractivity contribution in [3.05, 3.63) is 42.3 Å². The molecule has 0 saturated heterocycles. The van der Waals surface area contributed by atoms with Crippen LogP contribution >= 0.6 is 0 Å². The average molecular weight is 164 g/mol. The first-order valence-corrected chi connectivity index (χ1v) is 3.63. The molecule has 0 atom stereocenters. The monoisotopic (exact) mass is 164 g/mol.